The second-order valence-electron chi connectivity index (χ2n) is 4.72. The number of nitrogens with zero attached hydrogens (tertiary/aromatic N) is 1. The van der Waals surface area contributed by atoms with Gasteiger partial charge in [-0.3, -0.25) is 9.59 Å². The number of nitrogens with one attached hydrogen (secondary N) is 1. The van der Waals surface area contributed by atoms with Gasteiger partial charge in [0.1, 0.15) is 6.04 Å². The number of piperidine rings is 1. The third-order valence-electron chi connectivity index (χ3n) is 3.03. The predicted octanol–water partition coefficient (Wildman–Crippen LogP) is -0.754. The van der Waals surface area contributed by atoms with Crippen molar-refractivity contribution in [2.24, 2.45) is 11.7 Å². The predicted molar refractivity (Wildman–Crippen MR) is 63.5 cm³/mol. The van der Waals surface area contributed by atoms with Crippen LogP contribution in [0.15, 0.2) is 0 Å². The number of rotatable bonds is 5. The molecule has 2 atom stereocenters. The number of nitrogens with two attached hydrogens (primary N) is 1. The van der Waals surface area contributed by atoms with Gasteiger partial charge in [-0.05, 0) is 32.4 Å². The summed E-state index contributed by atoms with van der Waals surface area (Å²) < 4.78 is 0. The summed E-state index contributed by atoms with van der Waals surface area (Å²) >= 11 is 0. The van der Waals surface area contributed by atoms with Crippen molar-refractivity contribution in [2.45, 2.75) is 25.3 Å². The van der Waals surface area contributed by atoms with E-state index in [0.29, 0.717) is 12.5 Å². The lowest BCUT2D eigenvalue weighted by Gasteiger charge is -2.29. The Hall–Kier alpha value is -1.14. The van der Waals surface area contributed by atoms with E-state index in [1.54, 1.807) is 0 Å². The number of aliphatic carboxylic acids is 1. The van der Waals surface area contributed by atoms with Crippen molar-refractivity contribution in [3.63, 3.8) is 0 Å². The molecule has 4 N–H and O–H groups in total. The number of carboxylic acids is 1. The Balaban J connectivity index is 2.21. The standard InChI is InChI=1S/C11H21N3O3/c1-14-4-2-3-8(7-14)6-13-10(15)5-9(12)11(16)17/h8-9H,2-7,12H2,1H3,(H,13,15)(H,16,17). The van der Waals surface area contributed by atoms with Gasteiger partial charge in [-0.15, -0.1) is 0 Å². The molecule has 0 aliphatic carbocycles. The first-order valence-corrected chi connectivity index (χ1v) is 5.92. The molecule has 1 heterocycles. The van der Waals surface area contributed by atoms with Crippen LogP contribution >= 0.6 is 0 Å². The van der Waals surface area contributed by atoms with Gasteiger partial charge in [0.2, 0.25) is 5.91 Å². The van der Waals surface area contributed by atoms with Crippen LogP contribution in [0.4, 0.5) is 0 Å². The Morgan fingerprint density at radius 2 is 2.29 bits per heavy atom. The average molecular weight is 243 g/mol. The SMILES string of the molecule is CN1CCCC(CNC(=O)CC(N)C(=O)O)C1. The summed E-state index contributed by atoms with van der Waals surface area (Å²) in [4.78, 5) is 24.1. The van der Waals surface area contributed by atoms with Crippen LogP contribution in [0.25, 0.3) is 0 Å². The second kappa shape index (κ2) is 6.56. The van der Waals surface area contributed by atoms with Crippen molar-refractivity contribution in [3.05, 3.63) is 0 Å². The summed E-state index contributed by atoms with van der Waals surface area (Å²) in [7, 11) is 2.06. The minimum Gasteiger partial charge on any atom is -0.480 e. The molecule has 0 aromatic carbocycles. The fraction of sp³-hybridized carbons (Fsp3) is 0.818. The topological polar surface area (TPSA) is 95.7 Å². The van der Waals surface area contributed by atoms with Crippen LogP contribution in [-0.2, 0) is 9.59 Å². The first-order valence-electron chi connectivity index (χ1n) is 5.92. The molecule has 0 bridgehead atoms. The highest BCUT2D eigenvalue weighted by molar-refractivity contribution is 5.84. The summed E-state index contributed by atoms with van der Waals surface area (Å²) in [5.41, 5.74) is 5.28. The number of amides is 1. The zero-order chi connectivity index (χ0) is 12.8. The lowest BCUT2D eigenvalue weighted by molar-refractivity contribution is -0.140. The van der Waals surface area contributed by atoms with Crippen LogP contribution in [0.5, 0.6) is 0 Å². The van der Waals surface area contributed by atoms with Crippen LogP contribution in [0.3, 0.4) is 0 Å². The van der Waals surface area contributed by atoms with Gasteiger partial charge in [0, 0.05) is 13.1 Å². The Kier molecular flexibility index (Phi) is 5.37. The van der Waals surface area contributed by atoms with E-state index in [4.69, 9.17) is 10.8 Å². The molecule has 0 radical (unpaired) electrons. The Bertz CT molecular complexity index is 283. The van der Waals surface area contributed by atoms with Crippen molar-refractivity contribution in [3.8, 4) is 0 Å². The van der Waals surface area contributed by atoms with E-state index in [1.807, 2.05) is 0 Å². The number of hydrogen-bond acceptors (Lipinski definition) is 4. The Morgan fingerprint density at radius 3 is 2.88 bits per heavy atom. The lowest BCUT2D eigenvalue weighted by Crippen LogP contribution is -2.41. The van der Waals surface area contributed by atoms with Crippen LogP contribution in [0.1, 0.15) is 19.3 Å². The van der Waals surface area contributed by atoms with E-state index in [2.05, 4.69) is 17.3 Å². The number of carbonyl (C=O) groups is 2. The summed E-state index contributed by atoms with van der Waals surface area (Å²) in [5, 5.41) is 11.3. The monoisotopic (exact) mass is 243 g/mol. The Morgan fingerprint density at radius 1 is 1.59 bits per heavy atom. The normalized spacial score (nSPS) is 23.1. The molecule has 17 heavy (non-hydrogen) atoms. The molecule has 1 rings (SSSR count). The zero-order valence-corrected chi connectivity index (χ0v) is 10.2. The molecule has 1 saturated heterocycles. The minimum absolute atomic E-state index is 0.155. The molecule has 0 spiro atoms. The van der Waals surface area contributed by atoms with Gasteiger partial charge < -0.3 is 21.1 Å². The van der Waals surface area contributed by atoms with Gasteiger partial charge in [0.15, 0.2) is 0 Å². The zero-order valence-electron chi connectivity index (χ0n) is 10.2. The molecular weight excluding hydrogens is 222 g/mol. The van der Waals surface area contributed by atoms with Crippen molar-refractivity contribution < 1.29 is 14.7 Å². The highest BCUT2D eigenvalue weighted by Gasteiger charge is 2.19. The first kappa shape index (κ1) is 13.9. The van der Waals surface area contributed by atoms with E-state index in [9.17, 15) is 9.59 Å². The van der Waals surface area contributed by atoms with Gasteiger partial charge in [0.05, 0.1) is 6.42 Å². The van der Waals surface area contributed by atoms with E-state index < -0.39 is 12.0 Å². The van der Waals surface area contributed by atoms with E-state index in [1.165, 1.54) is 0 Å². The number of carboxylic acid groups (broad SMARTS) is 1. The fourth-order valence-corrected chi connectivity index (χ4v) is 2.06. The highest BCUT2D eigenvalue weighted by Crippen LogP contribution is 2.13. The maximum atomic E-state index is 11.4. The van der Waals surface area contributed by atoms with E-state index in [0.717, 1.165) is 25.9 Å². The van der Waals surface area contributed by atoms with Crippen molar-refractivity contribution >= 4 is 11.9 Å². The van der Waals surface area contributed by atoms with Crippen LogP contribution < -0.4 is 11.1 Å². The smallest absolute Gasteiger partial charge is 0.321 e. The number of carbonyl (C=O) groups excluding carboxylic acids is 1. The fourth-order valence-electron chi connectivity index (χ4n) is 2.06. The van der Waals surface area contributed by atoms with Crippen LogP contribution in [-0.4, -0.2) is 54.6 Å². The minimum atomic E-state index is -1.14. The van der Waals surface area contributed by atoms with Gasteiger partial charge >= 0.3 is 5.97 Å². The van der Waals surface area contributed by atoms with Gasteiger partial charge in [-0.2, -0.15) is 0 Å². The molecular formula is C11H21N3O3. The number of hydrogen-bond donors (Lipinski definition) is 3. The maximum Gasteiger partial charge on any atom is 0.321 e. The Labute approximate surface area is 101 Å². The molecule has 6 nitrogen and oxygen atoms in total. The largest absolute Gasteiger partial charge is 0.480 e. The highest BCUT2D eigenvalue weighted by atomic mass is 16.4. The van der Waals surface area contributed by atoms with E-state index >= 15 is 0 Å². The molecule has 2 unspecified atom stereocenters. The second-order valence-corrected chi connectivity index (χ2v) is 4.72. The van der Waals surface area contributed by atoms with Crippen molar-refractivity contribution in [2.75, 3.05) is 26.7 Å². The molecule has 1 aliphatic heterocycles. The van der Waals surface area contributed by atoms with Gasteiger partial charge in [0.25, 0.3) is 0 Å². The van der Waals surface area contributed by atoms with Crippen molar-refractivity contribution in [1.82, 2.24) is 10.2 Å². The molecule has 98 valence electrons. The van der Waals surface area contributed by atoms with Crippen LogP contribution in [0, 0.1) is 5.92 Å². The molecule has 1 amide bonds. The summed E-state index contributed by atoms with van der Waals surface area (Å²) in [6.45, 7) is 2.69. The summed E-state index contributed by atoms with van der Waals surface area (Å²) in [5.74, 6) is -0.968. The first-order chi connectivity index (χ1) is 7.99. The maximum absolute atomic E-state index is 11.4. The third kappa shape index (κ3) is 5.14. The van der Waals surface area contributed by atoms with Crippen LogP contribution in [0.2, 0.25) is 0 Å². The molecule has 0 aromatic rings. The summed E-state index contributed by atoms with van der Waals surface area (Å²) in [6.07, 6.45) is 2.10. The lowest BCUT2D eigenvalue weighted by atomic mass is 9.98. The number of likely N-dealkylation sites (tertiary alicyclic amines) is 1. The van der Waals surface area contributed by atoms with Gasteiger partial charge in [-0.25, -0.2) is 0 Å². The van der Waals surface area contributed by atoms with Gasteiger partial charge in [-0.1, -0.05) is 0 Å². The quantitative estimate of drug-likeness (QED) is 0.590. The molecule has 0 aromatic heterocycles. The average Bonchev–Trinajstić information content (AvgIpc) is 2.26. The third-order valence-corrected chi connectivity index (χ3v) is 3.03. The van der Waals surface area contributed by atoms with Crippen molar-refractivity contribution in [1.29, 1.82) is 0 Å². The molecule has 1 fully saturated rings. The van der Waals surface area contributed by atoms with E-state index in [-0.39, 0.29) is 12.3 Å². The molecule has 1 aliphatic rings. The molecule has 0 saturated carbocycles. The summed E-state index contributed by atoms with van der Waals surface area (Å²) in [6, 6.07) is -1.11. The molecule has 6 heteroatoms.